The van der Waals surface area contributed by atoms with E-state index in [4.69, 9.17) is 14.5 Å². The van der Waals surface area contributed by atoms with Gasteiger partial charge < -0.3 is 9.47 Å². The van der Waals surface area contributed by atoms with Crippen LogP contribution in [0.1, 0.15) is 34.0 Å². The lowest BCUT2D eigenvalue weighted by atomic mass is 9.85. The molecule has 0 spiro atoms. The van der Waals surface area contributed by atoms with Gasteiger partial charge in [-0.05, 0) is 59.2 Å². The van der Waals surface area contributed by atoms with E-state index < -0.39 is 0 Å². The van der Waals surface area contributed by atoms with Crippen molar-refractivity contribution in [3.8, 4) is 11.5 Å². The van der Waals surface area contributed by atoms with E-state index >= 15 is 0 Å². The first-order valence-electron chi connectivity index (χ1n) is 10.8. The number of aromatic nitrogens is 1. The average Bonchev–Trinajstić information content (AvgIpc) is 3.59. The third kappa shape index (κ3) is 2.96. The first kappa shape index (κ1) is 19.1. The molecule has 0 fully saturated rings. The molecule has 162 valence electrons. The molecule has 2 aromatic carbocycles. The Morgan fingerprint density at radius 2 is 1.94 bits per heavy atom. The smallest absolute Gasteiger partial charge is 0.271 e. The molecule has 2 aliphatic heterocycles. The molecule has 3 aliphatic rings. The van der Waals surface area contributed by atoms with Crippen LogP contribution in [-0.4, -0.2) is 11.4 Å². The van der Waals surface area contributed by atoms with Crippen LogP contribution in [0, 0.1) is 0 Å². The van der Waals surface area contributed by atoms with Crippen molar-refractivity contribution in [3.05, 3.63) is 107 Å². The van der Waals surface area contributed by atoms with Gasteiger partial charge in [-0.15, -0.1) is 11.3 Å². The SMILES string of the molecule is O=c1/c(=C\c2ccc3c(c2)OCO3)sc2n1[C@@H](c1cccs1)C1=C(N=2)c2ccccc2CC1. The third-order valence-corrected chi connectivity index (χ3v) is 8.29. The quantitative estimate of drug-likeness (QED) is 0.443. The summed E-state index contributed by atoms with van der Waals surface area (Å²) in [6.07, 6.45) is 3.80. The second kappa shape index (κ2) is 7.30. The summed E-state index contributed by atoms with van der Waals surface area (Å²) < 4.78 is 13.5. The predicted octanol–water partition coefficient (Wildman–Crippen LogP) is 4.11. The number of benzene rings is 2. The molecule has 1 atom stereocenters. The average molecular weight is 471 g/mol. The van der Waals surface area contributed by atoms with Gasteiger partial charge in [-0.1, -0.05) is 47.7 Å². The number of nitrogens with zero attached hydrogens (tertiary/aromatic N) is 2. The number of hydrogen-bond donors (Lipinski definition) is 0. The molecule has 7 heteroatoms. The lowest BCUT2D eigenvalue weighted by molar-refractivity contribution is 0.174. The second-order valence-corrected chi connectivity index (χ2v) is 10.2. The van der Waals surface area contributed by atoms with Gasteiger partial charge in [0, 0.05) is 10.4 Å². The number of thiazole rings is 1. The fourth-order valence-electron chi connectivity index (χ4n) is 4.87. The fourth-order valence-corrected chi connectivity index (χ4v) is 6.72. The van der Waals surface area contributed by atoms with E-state index in [9.17, 15) is 4.79 Å². The van der Waals surface area contributed by atoms with E-state index in [2.05, 4.69) is 41.8 Å². The monoisotopic (exact) mass is 470 g/mol. The summed E-state index contributed by atoms with van der Waals surface area (Å²) in [6.45, 7) is 0.231. The molecule has 0 N–H and O–H groups in total. The minimum absolute atomic E-state index is 0.000209. The summed E-state index contributed by atoms with van der Waals surface area (Å²) in [5.41, 5.74) is 5.69. The van der Waals surface area contributed by atoms with Crippen molar-refractivity contribution in [1.29, 1.82) is 0 Å². The highest BCUT2D eigenvalue weighted by Gasteiger charge is 2.33. The van der Waals surface area contributed by atoms with E-state index in [1.165, 1.54) is 32.9 Å². The summed E-state index contributed by atoms with van der Waals surface area (Å²) in [7, 11) is 0. The van der Waals surface area contributed by atoms with Gasteiger partial charge in [0.2, 0.25) is 6.79 Å². The van der Waals surface area contributed by atoms with Crippen molar-refractivity contribution < 1.29 is 9.47 Å². The summed E-state index contributed by atoms with van der Waals surface area (Å²) in [6, 6.07) is 18.3. The highest BCUT2D eigenvalue weighted by Crippen LogP contribution is 2.42. The van der Waals surface area contributed by atoms with Gasteiger partial charge in [-0.3, -0.25) is 9.36 Å². The maximum Gasteiger partial charge on any atom is 0.271 e. The number of ether oxygens (including phenoxy) is 2. The van der Waals surface area contributed by atoms with E-state index in [1.54, 1.807) is 11.3 Å². The second-order valence-electron chi connectivity index (χ2n) is 8.24. The largest absolute Gasteiger partial charge is 0.454 e. The zero-order chi connectivity index (χ0) is 21.9. The number of fused-ring (bicyclic) bond motifs is 4. The highest BCUT2D eigenvalue weighted by atomic mass is 32.1. The van der Waals surface area contributed by atoms with Crippen LogP contribution in [0.25, 0.3) is 11.8 Å². The number of thiophene rings is 1. The summed E-state index contributed by atoms with van der Waals surface area (Å²) in [5.74, 6) is 1.44. The lowest BCUT2D eigenvalue weighted by Gasteiger charge is -2.30. The zero-order valence-electron chi connectivity index (χ0n) is 17.5. The van der Waals surface area contributed by atoms with Gasteiger partial charge >= 0.3 is 0 Å². The molecule has 0 radical (unpaired) electrons. The van der Waals surface area contributed by atoms with Crippen LogP contribution in [-0.2, 0) is 6.42 Å². The molecule has 0 bridgehead atoms. The molecule has 5 nitrogen and oxygen atoms in total. The number of aryl methyl sites for hydroxylation is 1. The highest BCUT2D eigenvalue weighted by molar-refractivity contribution is 7.10. The predicted molar refractivity (Wildman–Crippen MR) is 130 cm³/mol. The normalized spacial score (nSPS) is 18.5. The summed E-state index contributed by atoms with van der Waals surface area (Å²) >= 11 is 3.14. The first-order chi connectivity index (χ1) is 16.3. The zero-order valence-corrected chi connectivity index (χ0v) is 19.1. The Hall–Kier alpha value is -3.42. The van der Waals surface area contributed by atoms with Crippen molar-refractivity contribution >= 4 is 34.4 Å². The molecule has 7 rings (SSSR count). The number of allylic oxidation sites excluding steroid dienone is 1. The third-order valence-electron chi connectivity index (χ3n) is 6.38. The minimum Gasteiger partial charge on any atom is -0.454 e. The molecule has 33 heavy (non-hydrogen) atoms. The summed E-state index contributed by atoms with van der Waals surface area (Å²) in [4.78, 5) is 20.7. The van der Waals surface area contributed by atoms with Crippen molar-refractivity contribution in [3.63, 3.8) is 0 Å². The van der Waals surface area contributed by atoms with Crippen LogP contribution in [0.5, 0.6) is 11.5 Å². The maximum absolute atomic E-state index is 13.7. The van der Waals surface area contributed by atoms with Gasteiger partial charge in [0.25, 0.3) is 5.56 Å². The van der Waals surface area contributed by atoms with Gasteiger partial charge in [-0.25, -0.2) is 4.99 Å². The molecule has 0 amide bonds. The minimum atomic E-state index is -0.108. The lowest BCUT2D eigenvalue weighted by Crippen LogP contribution is -2.38. The number of rotatable bonds is 2. The molecule has 2 aromatic heterocycles. The van der Waals surface area contributed by atoms with E-state index in [-0.39, 0.29) is 18.4 Å². The van der Waals surface area contributed by atoms with Gasteiger partial charge in [0.05, 0.1) is 16.3 Å². The van der Waals surface area contributed by atoms with Crippen molar-refractivity contribution in [1.82, 2.24) is 4.57 Å². The van der Waals surface area contributed by atoms with Gasteiger partial charge in [-0.2, -0.15) is 0 Å². The first-order valence-corrected chi connectivity index (χ1v) is 12.5. The van der Waals surface area contributed by atoms with E-state index in [0.717, 1.165) is 34.7 Å². The number of hydrogen-bond acceptors (Lipinski definition) is 6. The topological polar surface area (TPSA) is 52.8 Å². The standard InChI is InChI=1S/C26H18N2O3S2/c29-25-22(13-15-7-10-19-20(12-15)31-14-30-19)33-26-27-23-17-5-2-1-4-16(17)8-9-18(23)24(28(25)26)21-6-3-11-32-21/h1-7,10-13,24H,8-9,14H2/b22-13+/t24-/m1/s1. The summed E-state index contributed by atoms with van der Waals surface area (Å²) in [5, 5.41) is 2.08. The maximum atomic E-state index is 13.7. The molecule has 0 saturated carbocycles. The Labute approximate surface area is 197 Å². The fraction of sp³-hybridized carbons (Fsp3) is 0.154. The van der Waals surface area contributed by atoms with E-state index in [0.29, 0.717) is 10.3 Å². The van der Waals surface area contributed by atoms with Crippen molar-refractivity contribution in [2.75, 3.05) is 6.79 Å². The van der Waals surface area contributed by atoms with Crippen molar-refractivity contribution in [2.45, 2.75) is 18.9 Å². The molecule has 0 unspecified atom stereocenters. The van der Waals surface area contributed by atoms with Crippen LogP contribution in [0.3, 0.4) is 0 Å². The Kier molecular flexibility index (Phi) is 4.22. The van der Waals surface area contributed by atoms with Crippen LogP contribution in [0.2, 0.25) is 0 Å². The molecule has 4 heterocycles. The van der Waals surface area contributed by atoms with Crippen molar-refractivity contribution in [2.24, 2.45) is 4.99 Å². The van der Waals surface area contributed by atoms with Crippen LogP contribution in [0.15, 0.2) is 75.3 Å². The Morgan fingerprint density at radius 1 is 1.03 bits per heavy atom. The molecule has 0 saturated heterocycles. The van der Waals surface area contributed by atoms with Gasteiger partial charge in [0.15, 0.2) is 16.3 Å². The Balaban J connectivity index is 1.46. The Morgan fingerprint density at radius 3 is 2.85 bits per heavy atom. The van der Waals surface area contributed by atoms with Crippen LogP contribution < -0.4 is 24.4 Å². The van der Waals surface area contributed by atoms with Crippen LogP contribution >= 0.6 is 22.7 Å². The molecule has 1 aliphatic carbocycles. The van der Waals surface area contributed by atoms with Gasteiger partial charge in [0.1, 0.15) is 0 Å². The van der Waals surface area contributed by atoms with Crippen LogP contribution in [0.4, 0.5) is 0 Å². The van der Waals surface area contributed by atoms with E-state index in [1.807, 2.05) is 28.8 Å². The molecule has 4 aromatic rings. The Bertz CT molecular complexity index is 1630. The molecular formula is C26H18N2O3S2. The molecular weight excluding hydrogens is 452 g/mol.